The van der Waals surface area contributed by atoms with Crippen molar-refractivity contribution in [1.82, 2.24) is 0 Å². The highest BCUT2D eigenvalue weighted by Gasteiger charge is 2.33. The van der Waals surface area contributed by atoms with Crippen molar-refractivity contribution in [3.63, 3.8) is 0 Å². The van der Waals surface area contributed by atoms with Crippen molar-refractivity contribution in [2.24, 2.45) is 0 Å². The zero-order valence-electron chi connectivity index (χ0n) is 14.6. The number of hydrogen-bond acceptors (Lipinski definition) is 5. The second-order valence-corrected chi connectivity index (χ2v) is 5.85. The van der Waals surface area contributed by atoms with E-state index < -0.39 is 12.0 Å². The number of ether oxygens (including phenoxy) is 1. The van der Waals surface area contributed by atoms with E-state index in [9.17, 15) is 20.1 Å². The van der Waals surface area contributed by atoms with Crippen LogP contribution in [0.15, 0.2) is 12.2 Å². The average Bonchev–Trinajstić information content (AvgIpc) is 2.52. The molecule has 0 aliphatic heterocycles. The van der Waals surface area contributed by atoms with Gasteiger partial charge in [0.25, 0.3) is 0 Å². The molecule has 0 radical (unpaired) electrons. The zero-order valence-corrected chi connectivity index (χ0v) is 14.6. The predicted octanol–water partition coefficient (Wildman–Crippen LogP) is 0.0793. The van der Waals surface area contributed by atoms with Crippen molar-refractivity contribution >= 4 is 5.97 Å². The SMILES string of the molecule is CCCC/C=C/CCOCC[N+](CCO)(CCO)C(C)C(=O)[O-]. The van der Waals surface area contributed by atoms with Gasteiger partial charge in [-0.2, -0.15) is 0 Å². The van der Waals surface area contributed by atoms with Crippen molar-refractivity contribution in [3.8, 4) is 0 Å². The molecule has 0 aliphatic rings. The van der Waals surface area contributed by atoms with Crippen LogP contribution >= 0.6 is 0 Å². The fraction of sp³-hybridized carbons (Fsp3) is 0.824. The smallest absolute Gasteiger partial charge is 0.126 e. The first kappa shape index (κ1) is 22.1. The van der Waals surface area contributed by atoms with E-state index in [1.807, 2.05) is 0 Å². The number of carboxylic acids is 1. The van der Waals surface area contributed by atoms with E-state index in [-0.39, 0.29) is 30.8 Å². The Hall–Kier alpha value is -0.950. The number of carboxylic acid groups (broad SMARTS) is 1. The van der Waals surface area contributed by atoms with Crippen molar-refractivity contribution in [2.45, 2.75) is 45.6 Å². The molecular weight excluding hydrogens is 298 g/mol. The Kier molecular flexibility index (Phi) is 12.9. The summed E-state index contributed by atoms with van der Waals surface area (Å²) in [5.74, 6) is -1.18. The Bertz CT molecular complexity index is 327. The first-order valence-corrected chi connectivity index (χ1v) is 8.55. The molecular formula is C17H33NO5. The van der Waals surface area contributed by atoms with Crippen molar-refractivity contribution in [1.29, 1.82) is 0 Å². The third-order valence-electron chi connectivity index (χ3n) is 4.25. The third kappa shape index (κ3) is 9.05. The molecule has 2 N–H and O–H groups in total. The van der Waals surface area contributed by atoms with Gasteiger partial charge < -0.3 is 29.3 Å². The fourth-order valence-electron chi connectivity index (χ4n) is 2.60. The summed E-state index contributed by atoms with van der Waals surface area (Å²) in [6.45, 7) is 5.35. The monoisotopic (exact) mass is 331 g/mol. The van der Waals surface area contributed by atoms with Crippen molar-refractivity contribution < 1.29 is 29.3 Å². The van der Waals surface area contributed by atoms with Crippen LogP contribution in [-0.4, -0.2) is 72.8 Å². The second kappa shape index (κ2) is 13.5. The number of unbranched alkanes of at least 4 members (excludes halogenated alkanes) is 2. The number of quaternary nitrogens is 1. The molecule has 6 heteroatoms. The maximum atomic E-state index is 11.2. The molecule has 0 spiro atoms. The summed E-state index contributed by atoms with van der Waals surface area (Å²) < 4.78 is 5.65. The number of hydrogen-bond donors (Lipinski definition) is 2. The summed E-state index contributed by atoms with van der Waals surface area (Å²) in [4.78, 5) is 11.2. The third-order valence-corrected chi connectivity index (χ3v) is 4.25. The van der Waals surface area contributed by atoms with E-state index in [1.165, 1.54) is 12.8 Å². The molecule has 0 aromatic rings. The van der Waals surface area contributed by atoms with Gasteiger partial charge in [0.1, 0.15) is 25.7 Å². The minimum Gasteiger partial charge on any atom is -0.544 e. The number of allylic oxidation sites excluding steroid dienone is 1. The van der Waals surface area contributed by atoms with Gasteiger partial charge in [-0.3, -0.25) is 0 Å². The molecule has 0 aromatic carbocycles. The van der Waals surface area contributed by atoms with Gasteiger partial charge in [-0.25, -0.2) is 0 Å². The molecule has 23 heavy (non-hydrogen) atoms. The van der Waals surface area contributed by atoms with Crippen LogP contribution < -0.4 is 5.11 Å². The minimum absolute atomic E-state index is 0.0711. The number of carbonyl (C=O) groups is 1. The van der Waals surface area contributed by atoms with Gasteiger partial charge >= 0.3 is 0 Å². The lowest BCUT2D eigenvalue weighted by molar-refractivity contribution is -0.944. The quantitative estimate of drug-likeness (QED) is 0.252. The highest BCUT2D eigenvalue weighted by molar-refractivity contribution is 5.69. The summed E-state index contributed by atoms with van der Waals surface area (Å²) in [6.07, 6.45) is 8.56. The number of aliphatic hydroxyl groups excluding tert-OH is 2. The Balaban J connectivity index is 4.28. The lowest BCUT2D eigenvalue weighted by Gasteiger charge is -2.43. The molecule has 1 unspecified atom stereocenters. The Labute approximate surface area is 140 Å². The molecule has 136 valence electrons. The normalized spacial score (nSPS) is 13.6. The summed E-state index contributed by atoms with van der Waals surface area (Å²) in [7, 11) is 0. The van der Waals surface area contributed by atoms with Crippen LogP contribution in [0.4, 0.5) is 0 Å². The maximum absolute atomic E-state index is 11.2. The topological polar surface area (TPSA) is 89.8 Å². The van der Waals surface area contributed by atoms with Crippen LogP contribution in [-0.2, 0) is 9.53 Å². The minimum atomic E-state index is -1.18. The predicted molar refractivity (Wildman–Crippen MR) is 87.6 cm³/mol. The number of nitrogens with zero attached hydrogens (tertiary/aromatic N) is 1. The zero-order chi connectivity index (χ0) is 17.6. The second-order valence-electron chi connectivity index (χ2n) is 5.85. The number of carbonyl (C=O) groups excluding carboxylic acids is 1. The van der Waals surface area contributed by atoms with Crippen LogP contribution in [0.3, 0.4) is 0 Å². The van der Waals surface area contributed by atoms with Gasteiger partial charge in [0.15, 0.2) is 0 Å². The van der Waals surface area contributed by atoms with Crippen LogP contribution in [0.2, 0.25) is 0 Å². The summed E-state index contributed by atoms with van der Waals surface area (Å²) >= 11 is 0. The van der Waals surface area contributed by atoms with Gasteiger partial charge in [0.05, 0.1) is 32.4 Å². The lowest BCUT2D eigenvalue weighted by Crippen LogP contribution is -2.63. The van der Waals surface area contributed by atoms with Crippen LogP contribution in [0.5, 0.6) is 0 Å². The highest BCUT2D eigenvalue weighted by Crippen LogP contribution is 2.13. The summed E-state index contributed by atoms with van der Waals surface area (Å²) in [6, 6.07) is -0.799. The largest absolute Gasteiger partial charge is 0.544 e. The van der Waals surface area contributed by atoms with Gasteiger partial charge in [0, 0.05) is 0 Å². The molecule has 0 aliphatic carbocycles. The van der Waals surface area contributed by atoms with E-state index in [0.717, 1.165) is 12.8 Å². The molecule has 0 bridgehead atoms. The van der Waals surface area contributed by atoms with Gasteiger partial charge in [0.2, 0.25) is 0 Å². The molecule has 0 heterocycles. The maximum Gasteiger partial charge on any atom is 0.126 e. The molecule has 6 nitrogen and oxygen atoms in total. The van der Waals surface area contributed by atoms with E-state index in [4.69, 9.17) is 4.74 Å². The average molecular weight is 331 g/mol. The molecule has 0 saturated heterocycles. The highest BCUT2D eigenvalue weighted by atomic mass is 16.5. The van der Waals surface area contributed by atoms with E-state index in [1.54, 1.807) is 6.92 Å². The molecule has 0 fully saturated rings. The molecule has 0 saturated carbocycles. The van der Waals surface area contributed by atoms with E-state index in [0.29, 0.717) is 19.8 Å². The number of aliphatic hydroxyl groups is 2. The molecule has 0 rings (SSSR count). The van der Waals surface area contributed by atoms with Crippen LogP contribution in [0.1, 0.15) is 39.5 Å². The Morgan fingerprint density at radius 3 is 2.26 bits per heavy atom. The fourth-order valence-corrected chi connectivity index (χ4v) is 2.60. The lowest BCUT2D eigenvalue weighted by atomic mass is 10.2. The van der Waals surface area contributed by atoms with Crippen LogP contribution in [0, 0.1) is 0 Å². The standard InChI is InChI=1S/C17H33NO5/c1-3-4-5-6-7-8-14-23-15-11-18(9-12-19,10-13-20)16(2)17(21)22/h6-7,16,19-20H,3-5,8-15H2,1-2H3/b7-6+. The van der Waals surface area contributed by atoms with Crippen molar-refractivity contribution in [3.05, 3.63) is 12.2 Å². The number of aliphatic carboxylic acids is 1. The van der Waals surface area contributed by atoms with Gasteiger partial charge in [-0.15, -0.1) is 0 Å². The first-order valence-electron chi connectivity index (χ1n) is 8.55. The van der Waals surface area contributed by atoms with E-state index in [2.05, 4.69) is 19.1 Å². The van der Waals surface area contributed by atoms with Gasteiger partial charge in [-0.05, 0) is 19.8 Å². The summed E-state index contributed by atoms with van der Waals surface area (Å²) in [5, 5.41) is 29.7. The first-order chi connectivity index (χ1) is 11.0. The van der Waals surface area contributed by atoms with Crippen LogP contribution in [0.25, 0.3) is 0 Å². The number of rotatable bonds is 15. The van der Waals surface area contributed by atoms with E-state index >= 15 is 0 Å². The Morgan fingerprint density at radius 2 is 1.74 bits per heavy atom. The molecule has 1 atom stereocenters. The van der Waals surface area contributed by atoms with Gasteiger partial charge in [-0.1, -0.05) is 31.9 Å². The summed E-state index contributed by atoms with van der Waals surface area (Å²) in [5.41, 5.74) is 0. The molecule has 0 amide bonds. The van der Waals surface area contributed by atoms with Crippen molar-refractivity contribution in [2.75, 3.05) is 46.1 Å². The Morgan fingerprint density at radius 1 is 1.13 bits per heavy atom. The molecule has 0 aromatic heterocycles.